The van der Waals surface area contributed by atoms with E-state index in [1.165, 1.54) is 17.8 Å². The number of hydrogen-bond donors (Lipinski definition) is 1. The molecule has 30 heavy (non-hydrogen) atoms. The van der Waals surface area contributed by atoms with Gasteiger partial charge in [-0.25, -0.2) is 0 Å². The Kier molecular flexibility index (Phi) is 6.62. The summed E-state index contributed by atoms with van der Waals surface area (Å²) in [5, 5.41) is 3.64. The van der Waals surface area contributed by atoms with Gasteiger partial charge in [-0.05, 0) is 36.6 Å². The molecule has 2 fully saturated rings. The van der Waals surface area contributed by atoms with Crippen LogP contribution >= 0.6 is 0 Å². The number of piperazine rings is 1. The molecule has 2 heterocycles. The van der Waals surface area contributed by atoms with Gasteiger partial charge >= 0.3 is 0 Å². The van der Waals surface area contributed by atoms with Gasteiger partial charge in [-0.15, -0.1) is 0 Å². The number of ether oxygens (including phenoxy) is 1. The Morgan fingerprint density at radius 3 is 2.43 bits per heavy atom. The summed E-state index contributed by atoms with van der Waals surface area (Å²) in [7, 11) is 3.64. The molecule has 6 heteroatoms. The Balaban J connectivity index is 1.26. The zero-order valence-electron chi connectivity index (χ0n) is 18.1. The van der Waals surface area contributed by atoms with Crippen LogP contribution in [0.1, 0.15) is 6.42 Å². The summed E-state index contributed by atoms with van der Waals surface area (Å²) in [6.45, 7) is 7.11. The summed E-state index contributed by atoms with van der Waals surface area (Å²) in [6, 6.07) is 19.0. The number of methoxy groups -OCH3 is 1. The average molecular weight is 408 g/mol. The van der Waals surface area contributed by atoms with Gasteiger partial charge in [0.1, 0.15) is 5.75 Å². The molecule has 2 aromatic carbocycles. The minimum Gasteiger partial charge on any atom is -0.495 e. The molecule has 0 saturated carbocycles. The number of para-hydroxylation sites is 3. The zero-order chi connectivity index (χ0) is 20.8. The Morgan fingerprint density at radius 2 is 1.70 bits per heavy atom. The van der Waals surface area contributed by atoms with E-state index in [9.17, 15) is 0 Å². The smallest absolute Gasteiger partial charge is 0.193 e. The highest BCUT2D eigenvalue weighted by Crippen LogP contribution is 2.31. The fourth-order valence-corrected chi connectivity index (χ4v) is 4.49. The molecule has 0 amide bonds. The molecule has 1 unspecified atom stereocenters. The lowest BCUT2D eigenvalue weighted by molar-refractivity contribution is 0.369. The fraction of sp³-hybridized carbons (Fsp3) is 0.458. The number of aliphatic imine (C=N–C) groups is 1. The third kappa shape index (κ3) is 4.64. The molecule has 0 radical (unpaired) electrons. The number of guanidine groups is 1. The molecule has 2 aliphatic rings. The Morgan fingerprint density at radius 1 is 0.967 bits per heavy atom. The monoisotopic (exact) mass is 407 g/mol. The number of anilines is 2. The van der Waals surface area contributed by atoms with Gasteiger partial charge in [0.2, 0.25) is 0 Å². The van der Waals surface area contributed by atoms with Crippen molar-refractivity contribution in [2.75, 3.05) is 69.8 Å². The summed E-state index contributed by atoms with van der Waals surface area (Å²) >= 11 is 0. The first-order chi connectivity index (χ1) is 14.8. The lowest BCUT2D eigenvalue weighted by Crippen LogP contribution is -2.53. The molecular formula is C24H33N5O. The van der Waals surface area contributed by atoms with Crippen molar-refractivity contribution < 1.29 is 4.74 Å². The second kappa shape index (κ2) is 9.74. The quantitative estimate of drug-likeness (QED) is 0.610. The summed E-state index contributed by atoms with van der Waals surface area (Å²) in [6.07, 6.45) is 1.18. The van der Waals surface area contributed by atoms with Gasteiger partial charge in [-0.3, -0.25) is 4.99 Å². The van der Waals surface area contributed by atoms with E-state index in [1.807, 2.05) is 19.2 Å². The van der Waals surface area contributed by atoms with Crippen LogP contribution in [0, 0.1) is 5.92 Å². The van der Waals surface area contributed by atoms with E-state index in [2.05, 4.69) is 67.5 Å². The molecule has 0 bridgehead atoms. The second-order valence-corrected chi connectivity index (χ2v) is 8.01. The topological polar surface area (TPSA) is 43.3 Å². The first-order valence-electron chi connectivity index (χ1n) is 10.9. The molecule has 160 valence electrons. The Hall–Kier alpha value is -2.89. The van der Waals surface area contributed by atoms with E-state index in [4.69, 9.17) is 4.74 Å². The normalized spacial score (nSPS) is 19.9. The third-order valence-corrected chi connectivity index (χ3v) is 6.17. The maximum absolute atomic E-state index is 5.54. The molecule has 2 aliphatic heterocycles. The van der Waals surface area contributed by atoms with E-state index in [-0.39, 0.29) is 0 Å². The molecule has 0 spiro atoms. The van der Waals surface area contributed by atoms with Crippen LogP contribution < -0.4 is 19.9 Å². The predicted molar refractivity (Wildman–Crippen MR) is 125 cm³/mol. The summed E-state index contributed by atoms with van der Waals surface area (Å²) in [5.74, 6) is 2.59. The van der Waals surface area contributed by atoms with Crippen LogP contribution in [0.5, 0.6) is 5.75 Å². The van der Waals surface area contributed by atoms with Gasteiger partial charge in [0.25, 0.3) is 0 Å². The first-order valence-corrected chi connectivity index (χ1v) is 10.9. The molecule has 2 aromatic rings. The van der Waals surface area contributed by atoms with Crippen molar-refractivity contribution in [2.24, 2.45) is 10.9 Å². The van der Waals surface area contributed by atoms with Crippen LogP contribution in [0.4, 0.5) is 11.4 Å². The van der Waals surface area contributed by atoms with Crippen molar-refractivity contribution in [3.8, 4) is 5.75 Å². The first kappa shape index (κ1) is 20.4. The summed E-state index contributed by atoms with van der Waals surface area (Å²) in [5.41, 5.74) is 2.51. The summed E-state index contributed by atoms with van der Waals surface area (Å²) < 4.78 is 5.54. The van der Waals surface area contributed by atoms with Gasteiger partial charge in [0, 0.05) is 58.5 Å². The van der Waals surface area contributed by atoms with E-state index in [0.717, 1.165) is 57.5 Å². The van der Waals surface area contributed by atoms with Crippen molar-refractivity contribution in [3.05, 3.63) is 54.6 Å². The van der Waals surface area contributed by atoms with Gasteiger partial charge in [-0.1, -0.05) is 30.3 Å². The van der Waals surface area contributed by atoms with Crippen LogP contribution in [-0.4, -0.2) is 70.8 Å². The van der Waals surface area contributed by atoms with Gasteiger partial charge < -0.3 is 24.8 Å². The summed E-state index contributed by atoms with van der Waals surface area (Å²) in [4.78, 5) is 11.8. The second-order valence-electron chi connectivity index (χ2n) is 8.01. The minimum absolute atomic E-state index is 0.609. The largest absolute Gasteiger partial charge is 0.495 e. The van der Waals surface area contributed by atoms with Crippen LogP contribution in [0.25, 0.3) is 0 Å². The molecule has 0 aliphatic carbocycles. The Labute approximate surface area is 180 Å². The van der Waals surface area contributed by atoms with E-state index in [1.54, 1.807) is 7.11 Å². The van der Waals surface area contributed by atoms with Crippen molar-refractivity contribution in [1.82, 2.24) is 10.2 Å². The molecule has 2 saturated heterocycles. The van der Waals surface area contributed by atoms with E-state index < -0.39 is 0 Å². The fourth-order valence-electron chi connectivity index (χ4n) is 4.49. The maximum atomic E-state index is 5.54. The number of nitrogens with zero attached hydrogens (tertiary/aromatic N) is 4. The van der Waals surface area contributed by atoms with Crippen LogP contribution in [0.3, 0.4) is 0 Å². The molecule has 4 rings (SSSR count). The minimum atomic E-state index is 0.609. The van der Waals surface area contributed by atoms with Gasteiger partial charge in [-0.2, -0.15) is 0 Å². The predicted octanol–water partition coefficient (Wildman–Crippen LogP) is 2.92. The van der Waals surface area contributed by atoms with Crippen molar-refractivity contribution >= 4 is 17.3 Å². The molecular weight excluding hydrogens is 374 g/mol. The highest BCUT2D eigenvalue weighted by Gasteiger charge is 2.26. The number of nitrogens with one attached hydrogen (secondary N) is 1. The molecule has 1 N–H and O–H groups in total. The van der Waals surface area contributed by atoms with Crippen LogP contribution in [0.2, 0.25) is 0 Å². The maximum Gasteiger partial charge on any atom is 0.193 e. The number of rotatable bonds is 5. The van der Waals surface area contributed by atoms with Crippen LogP contribution in [0.15, 0.2) is 59.6 Å². The SMILES string of the molecule is CN=C(NCC1CCN(c2ccccc2OC)C1)N1CCN(c2ccccc2)CC1. The van der Waals surface area contributed by atoms with E-state index >= 15 is 0 Å². The van der Waals surface area contributed by atoms with Crippen LogP contribution in [-0.2, 0) is 0 Å². The zero-order valence-corrected chi connectivity index (χ0v) is 18.1. The van der Waals surface area contributed by atoms with Crippen molar-refractivity contribution in [2.45, 2.75) is 6.42 Å². The molecule has 1 atom stereocenters. The average Bonchev–Trinajstić information content (AvgIpc) is 3.29. The molecule has 0 aromatic heterocycles. The lowest BCUT2D eigenvalue weighted by Gasteiger charge is -2.38. The number of benzene rings is 2. The number of hydrogen-bond acceptors (Lipinski definition) is 4. The third-order valence-electron chi connectivity index (χ3n) is 6.17. The van der Waals surface area contributed by atoms with Gasteiger partial charge in [0.15, 0.2) is 5.96 Å². The highest BCUT2D eigenvalue weighted by molar-refractivity contribution is 5.80. The standard InChI is InChI=1S/C24H33N5O/c1-25-24(28-16-14-27(15-17-28)21-8-4-3-5-9-21)26-18-20-12-13-29(19-20)22-10-6-7-11-23(22)30-2/h3-11,20H,12-19H2,1-2H3,(H,25,26). The Bertz CT molecular complexity index is 832. The van der Waals surface area contributed by atoms with Crippen molar-refractivity contribution in [1.29, 1.82) is 0 Å². The lowest BCUT2D eigenvalue weighted by atomic mass is 10.1. The van der Waals surface area contributed by atoms with Gasteiger partial charge in [0.05, 0.1) is 12.8 Å². The van der Waals surface area contributed by atoms with Crippen molar-refractivity contribution in [3.63, 3.8) is 0 Å². The highest BCUT2D eigenvalue weighted by atomic mass is 16.5. The van der Waals surface area contributed by atoms with E-state index in [0.29, 0.717) is 5.92 Å². The molecule has 6 nitrogen and oxygen atoms in total.